The molecule has 0 saturated carbocycles. The van der Waals surface area contributed by atoms with Crippen molar-refractivity contribution in [2.75, 3.05) is 13.2 Å². The minimum absolute atomic E-state index is 0. The van der Waals surface area contributed by atoms with E-state index in [0.717, 1.165) is 17.9 Å². The summed E-state index contributed by atoms with van der Waals surface area (Å²) in [7, 11) is -3.73. The smallest absolute Gasteiger partial charge is 1.00 e. The Hall–Kier alpha value is -1.76. The number of carboxylic acids is 1. The van der Waals surface area contributed by atoms with Gasteiger partial charge in [0.2, 0.25) is 0 Å². The van der Waals surface area contributed by atoms with E-state index in [9.17, 15) is 21.6 Å². The van der Waals surface area contributed by atoms with Crippen molar-refractivity contribution in [2.45, 2.75) is 24.0 Å². The van der Waals surface area contributed by atoms with Crippen LogP contribution < -0.4 is 39.6 Å². The summed E-state index contributed by atoms with van der Waals surface area (Å²) in [6.07, 6.45) is -3.62. The van der Waals surface area contributed by atoms with Gasteiger partial charge >= 0.3 is 41.7 Å². The second-order valence-electron chi connectivity index (χ2n) is 6.79. The van der Waals surface area contributed by atoms with Gasteiger partial charge in [-0.15, -0.1) is 0 Å². The maximum atomic E-state index is 13.0. The van der Waals surface area contributed by atoms with Crippen molar-refractivity contribution >= 4 is 38.5 Å². The topological polar surface area (TPSA) is 97.6 Å². The Kier molecular flexibility index (Phi) is 8.88. The number of halogens is 4. The first-order chi connectivity index (χ1) is 14.9. The van der Waals surface area contributed by atoms with Gasteiger partial charge in [-0.1, -0.05) is 29.8 Å². The summed E-state index contributed by atoms with van der Waals surface area (Å²) in [4.78, 5) is 9.12. The zero-order chi connectivity index (χ0) is 23.7. The molecule has 0 aliphatic carbocycles. The predicted octanol–water partition coefficient (Wildman–Crippen LogP) is 1.32. The van der Waals surface area contributed by atoms with Crippen LogP contribution in [-0.2, 0) is 14.8 Å². The van der Waals surface area contributed by atoms with Gasteiger partial charge in [-0.05, 0) is 31.2 Å². The third-order valence-corrected chi connectivity index (χ3v) is 6.65. The van der Waals surface area contributed by atoms with Crippen LogP contribution in [-0.4, -0.2) is 42.8 Å². The quantitative estimate of drug-likeness (QED) is 0.501. The van der Waals surface area contributed by atoms with Crippen molar-refractivity contribution in [3.05, 3.63) is 59.2 Å². The molecule has 1 aliphatic rings. The van der Waals surface area contributed by atoms with E-state index in [1.807, 2.05) is 13.0 Å². The molecule has 0 saturated heterocycles. The van der Waals surface area contributed by atoms with Crippen molar-refractivity contribution in [1.29, 1.82) is 0 Å². The number of carbonyl (C=O) groups is 1. The van der Waals surface area contributed by atoms with E-state index < -0.39 is 22.2 Å². The summed E-state index contributed by atoms with van der Waals surface area (Å²) in [6.45, 7) is 3.30. The number of benzene rings is 2. The van der Waals surface area contributed by atoms with Gasteiger partial charge in [-0.25, -0.2) is 17.2 Å². The van der Waals surface area contributed by atoms with Gasteiger partial charge in [-0.3, -0.25) is 0 Å². The number of hydrogen-bond acceptors (Lipinski definition) is 5. The molecule has 7 nitrogen and oxygen atoms in total. The normalized spacial score (nSPS) is 15.8. The SMILES string of the molecule is CC1NCCOc2ccc3c(c(Cl)cn3S(=O)(=O)c3ccccc3)c21.O=C(O)C(F)(F)F.[H-].[Na+]. The minimum atomic E-state index is -5.08. The zero-order valence-corrected chi connectivity index (χ0v) is 21.1. The fourth-order valence-corrected chi connectivity index (χ4v) is 5.00. The molecule has 0 bridgehead atoms. The van der Waals surface area contributed by atoms with E-state index in [1.165, 1.54) is 10.2 Å². The monoisotopic (exact) mass is 514 g/mol. The summed E-state index contributed by atoms with van der Waals surface area (Å²) in [5.74, 6) is -2.02. The van der Waals surface area contributed by atoms with Crippen LogP contribution in [0, 0.1) is 0 Å². The van der Waals surface area contributed by atoms with Crippen molar-refractivity contribution in [3.8, 4) is 5.75 Å². The van der Waals surface area contributed by atoms with E-state index in [0.29, 0.717) is 22.5 Å². The maximum Gasteiger partial charge on any atom is 1.00 e. The Balaban J connectivity index is 0.000000567. The van der Waals surface area contributed by atoms with Crippen LogP contribution in [0.4, 0.5) is 13.2 Å². The molecule has 0 fully saturated rings. The fourth-order valence-electron chi connectivity index (χ4n) is 3.26. The molecule has 1 aliphatic heterocycles. The number of nitrogens with one attached hydrogen (secondary N) is 1. The first kappa shape index (κ1) is 27.5. The van der Waals surface area contributed by atoms with Gasteiger partial charge in [0.15, 0.2) is 0 Å². The Morgan fingerprint density at radius 3 is 2.42 bits per heavy atom. The summed E-state index contributed by atoms with van der Waals surface area (Å²) >= 11 is 6.46. The van der Waals surface area contributed by atoms with Crippen LogP contribution in [0.3, 0.4) is 0 Å². The average Bonchev–Trinajstić information content (AvgIpc) is 2.96. The summed E-state index contributed by atoms with van der Waals surface area (Å²) < 4.78 is 64.8. The second-order valence-corrected chi connectivity index (χ2v) is 9.01. The van der Waals surface area contributed by atoms with Crippen LogP contribution in [0.2, 0.25) is 5.02 Å². The molecular formula is C20H19ClF3N2NaO5S. The minimum Gasteiger partial charge on any atom is -1.00 e. The van der Waals surface area contributed by atoms with Gasteiger partial charge in [0.05, 0.1) is 15.4 Å². The fraction of sp³-hybridized carbons (Fsp3) is 0.250. The standard InChI is InChI=1S/C18H17ClN2O3S.C2HF3O2.Na.H/c1-12-17-16(24-10-9-20-12)8-7-15-18(17)14(19)11-21(15)25(22,23)13-5-3-2-4-6-13;3-2(4,5)1(6)7;;/h2-8,11-12,20H,9-10H2,1H3;(H,6,7);;/q;;+1;-1. The molecule has 0 amide bonds. The first-order valence-electron chi connectivity index (χ1n) is 9.25. The van der Waals surface area contributed by atoms with Crippen LogP contribution in [0.1, 0.15) is 20.0 Å². The van der Waals surface area contributed by atoms with Crippen molar-refractivity contribution < 1.29 is 67.2 Å². The molecule has 1 atom stereocenters. The van der Waals surface area contributed by atoms with E-state index >= 15 is 0 Å². The Labute approximate surface area is 216 Å². The molecule has 0 radical (unpaired) electrons. The Bertz CT molecular complexity index is 1260. The number of nitrogens with zero attached hydrogens (tertiary/aromatic N) is 1. The van der Waals surface area contributed by atoms with Crippen LogP contribution in [0.25, 0.3) is 10.9 Å². The number of rotatable bonds is 2. The molecule has 33 heavy (non-hydrogen) atoms. The number of aromatic nitrogens is 1. The zero-order valence-electron chi connectivity index (χ0n) is 18.6. The molecule has 174 valence electrons. The third-order valence-electron chi connectivity index (χ3n) is 4.68. The largest absolute Gasteiger partial charge is 1.00 e. The van der Waals surface area contributed by atoms with Crippen molar-refractivity contribution in [3.63, 3.8) is 0 Å². The van der Waals surface area contributed by atoms with Gasteiger partial charge in [0.25, 0.3) is 10.0 Å². The van der Waals surface area contributed by atoms with Crippen molar-refractivity contribution in [1.82, 2.24) is 9.29 Å². The van der Waals surface area contributed by atoms with Gasteiger partial charge in [0.1, 0.15) is 12.4 Å². The number of hydrogen-bond donors (Lipinski definition) is 2. The van der Waals surface area contributed by atoms with Crippen LogP contribution >= 0.6 is 11.6 Å². The number of ether oxygens (including phenoxy) is 1. The summed E-state index contributed by atoms with van der Waals surface area (Å²) in [5.41, 5.74) is 1.44. The van der Waals surface area contributed by atoms with E-state index in [-0.39, 0.29) is 41.9 Å². The molecule has 2 N–H and O–H groups in total. The molecule has 4 rings (SSSR count). The first-order valence-corrected chi connectivity index (χ1v) is 11.1. The van der Waals surface area contributed by atoms with Crippen molar-refractivity contribution in [2.24, 2.45) is 0 Å². The average molecular weight is 515 g/mol. The van der Waals surface area contributed by atoms with Gasteiger partial charge < -0.3 is 16.6 Å². The molecule has 1 unspecified atom stereocenters. The molecular weight excluding hydrogens is 496 g/mol. The van der Waals surface area contributed by atoms with E-state index in [2.05, 4.69) is 5.32 Å². The maximum absolute atomic E-state index is 13.0. The van der Waals surface area contributed by atoms with Gasteiger partial charge in [-0.2, -0.15) is 13.2 Å². The Morgan fingerprint density at radius 2 is 1.85 bits per heavy atom. The second kappa shape index (κ2) is 10.7. The van der Waals surface area contributed by atoms with Crippen LogP contribution in [0.5, 0.6) is 5.75 Å². The molecule has 0 spiro atoms. The number of fused-ring (bicyclic) bond motifs is 3. The van der Waals surface area contributed by atoms with Crippen LogP contribution in [0.15, 0.2) is 53.6 Å². The predicted molar refractivity (Wildman–Crippen MR) is 113 cm³/mol. The molecule has 2 heterocycles. The third kappa shape index (κ3) is 5.84. The van der Waals surface area contributed by atoms with Gasteiger partial charge in [0, 0.05) is 29.7 Å². The molecule has 13 heteroatoms. The summed E-state index contributed by atoms with van der Waals surface area (Å²) in [5, 5.41) is 11.6. The summed E-state index contributed by atoms with van der Waals surface area (Å²) in [6, 6.07) is 11.9. The van der Waals surface area contributed by atoms with E-state index in [4.69, 9.17) is 26.2 Å². The number of aliphatic carboxylic acids is 1. The number of carboxylic acid groups (broad SMARTS) is 1. The Morgan fingerprint density at radius 1 is 1.24 bits per heavy atom. The molecule has 2 aromatic carbocycles. The molecule has 1 aromatic heterocycles. The number of alkyl halides is 3. The molecule has 3 aromatic rings. The van der Waals surface area contributed by atoms with E-state index in [1.54, 1.807) is 36.4 Å².